The predicted octanol–water partition coefficient (Wildman–Crippen LogP) is 5.46. The molecule has 3 aromatic rings. The highest BCUT2D eigenvalue weighted by atomic mass is 35.5. The van der Waals surface area contributed by atoms with Crippen molar-refractivity contribution in [3.63, 3.8) is 0 Å². The molecular formula is C36H35ClF2N4O4. The van der Waals surface area contributed by atoms with E-state index in [-0.39, 0.29) is 36.8 Å². The Morgan fingerprint density at radius 2 is 1.83 bits per heavy atom. The minimum atomic E-state index is -2.47. The standard InChI is InChI=1S/C36H35ClF2N4O4/c1-22(44)29-20-42(31-12-11-26(17-28(29)31)24-13-15-41(16-14-24)23(2)45)21-34(46)43-19-27(38)18-32(43)35(47)40-33-10-6-9-30(36(33,37)39)25-7-4-3-5-8-25/h3-13,17,20,27,32-33H,14-16,18-19,21H2,1-2H3,(H,40,47)/t27-,32+,33?,36?/m1/s1. The maximum atomic E-state index is 16.0. The van der Waals surface area contributed by atoms with Gasteiger partial charge in [0.2, 0.25) is 22.8 Å². The van der Waals surface area contributed by atoms with E-state index in [4.69, 9.17) is 11.6 Å². The smallest absolute Gasteiger partial charge is 0.243 e. The number of hydrogen-bond acceptors (Lipinski definition) is 4. The van der Waals surface area contributed by atoms with Crippen LogP contribution in [0.15, 0.2) is 79.0 Å². The molecule has 2 unspecified atom stereocenters. The fraction of sp³-hybridized carbons (Fsp3) is 0.333. The van der Waals surface area contributed by atoms with Crippen molar-refractivity contribution in [3.8, 4) is 0 Å². The van der Waals surface area contributed by atoms with E-state index < -0.39 is 35.2 Å². The summed E-state index contributed by atoms with van der Waals surface area (Å²) in [4.78, 5) is 54.4. The number of likely N-dealkylation sites (tertiary alicyclic amines) is 1. The van der Waals surface area contributed by atoms with E-state index in [1.807, 2.05) is 24.3 Å². The van der Waals surface area contributed by atoms with Crippen LogP contribution in [0.3, 0.4) is 0 Å². The van der Waals surface area contributed by atoms with Gasteiger partial charge in [-0.2, -0.15) is 0 Å². The maximum Gasteiger partial charge on any atom is 0.243 e. The monoisotopic (exact) mass is 660 g/mol. The Morgan fingerprint density at radius 3 is 2.51 bits per heavy atom. The molecule has 4 atom stereocenters. The Morgan fingerprint density at radius 1 is 1.06 bits per heavy atom. The van der Waals surface area contributed by atoms with Gasteiger partial charge < -0.3 is 19.7 Å². The molecule has 8 nitrogen and oxygen atoms in total. The lowest BCUT2D eigenvalue weighted by Gasteiger charge is -2.33. The first-order valence-electron chi connectivity index (χ1n) is 15.6. The first kappa shape index (κ1) is 32.4. The average molecular weight is 661 g/mol. The molecule has 0 saturated carbocycles. The zero-order chi connectivity index (χ0) is 33.5. The van der Waals surface area contributed by atoms with E-state index in [0.717, 1.165) is 11.1 Å². The topological polar surface area (TPSA) is 91.7 Å². The molecule has 6 rings (SSSR count). The maximum absolute atomic E-state index is 16.0. The van der Waals surface area contributed by atoms with Gasteiger partial charge in [0.25, 0.3) is 0 Å². The number of nitrogens with one attached hydrogen (secondary N) is 1. The van der Waals surface area contributed by atoms with Gasteiger partial charge >= 0.3 is 0 Å². The molecule has 11 heteroatoms. The number of amides is 3. The second-order valence-corrected chi connectivity index (χ2v) is 12.8. The number of carbonyl (C=O) groups is 4. The summed E-state index contributed by atoms with van der Waals surface area (Å²) in [5.74, 6) is -1.38. The summed E-state index contributed by atoms with van der Waals surface area (Å²) in [5.41, 5.74) is 3.80. The molecule has 2 aliphatic heterocycles. The Hall–Kier alpha value is -4.57. The number of nitrogens with zero attached hydrogens (tertiary/aromatic N) is 3. The van der Waals surface area contributed by atoms with E-state index in [1.54, 1.807) is 65.1 Å². The van der Waals surface area contributed by atoms with Crippen molar-refractivity contribution in [1.82, 2.24) is 19.7 Å². The molecule has 1 fully saturated rings. The number of aromatic nitrogens is 1. The highest BCUT2D eigenvalue weighted by Gasteiger charge is 2.46. The van der Waals surface area contributed by atoms with Gasteiger partial charge in [0.1, 0.15) is 24.8 Å². The molecule has 0 bridgehead atoms. The van der Waals surface area contributed by atoms with Crippen molar-refractivity contribution in [2.24, 2.45) is 0 Å². The van der Waals surface area contributed by atoms with Crippen LogP contribution in [-0.2, 0) is 20.9 Å². The van der Waals surface area contributed by atoms with Crippen LogP contribution in [0, 0.1) is 0 Å². The number of hydrogen-bond donors (Lipinski definition) is 1. The van der Waals surface area contributed by atoms with Gasteiger partial charge in [0, 0.05) is 54.7 Å². The van der Waals surface area contributed by atoms with E-state index in [0.29, 0.717) is 41.5 Å². The first-order chi connectivity index (χ1) is 22.4. The Balaban J connectivity index is 1.20. The molecule has 3 heterocycles. The number of allylic oxidation sites excluding steroid dienone is 2. The number of rotatable bonds is 7. The van der Waals surface area contributed by atoms with Crippen LogP contribution in [0.4, 0.5) is 8.78 Å². The molecule has 0 spiro atoms. The lowest BCUT2D eigenvalue weighted by molar-refractivity contribution is -0.139. The van der Waals surface area contributed by atoms with Gasteiger partial charge in [-0.15, -0.1) is 0 Å². The van der Waals surface area contributed by atoms with Crippen molar-refractivity contribution < 1.29 is 28.0 Å². The van der Waals surface area contributed by atoms with Crippen LogP contribution in [-0.4, -0.2) is 80.9 Å². The molecule has 2 aromatic carbocycles. The minimum Gasteiger partial charge on any atom is -0.343 e. The highest BCUT2D eigenvalue weighted by Crippen LogP contribution is 2.41. The van der Waals surface area contributed by atoms with Gasteiger partial charge in [-0.3, -0.25) is 19.2 Å². The van der Waals surface area contributed by atoms with Crippen LogP contribution in [0.5, 0.6) is 0 Å². The van der Waals surface area contributed by atoms with Gasteiger partial charge in [-0.25, -0.2) is 8.78 Å². The van der Waals surface area contributed by atoms with Crippen LogP contribution < -0.4 is 5.32 Å². The average Bonchev–Trinajstić information content (AvgIpc) is 3.62. The summed E-state index contributed by atoms with van der Waals surface area (Å²) in [6.07, 6.45) is 7.18. The van der Waals surface area contributed by atoms with Crippen LogP contribution in [0.2, 0.25) is 0 Å². The molecule has 0 radical (unpaired) electrons. The number of ketones is 1. The number of carbonyl (C=O) groups excluding carboxylic acids is 4. The van der Waals surface area contributed by atoms with Crippen molar-refractivity contribution in [1.29, 1.82) is 0 Å². The SMILES string of the molecule is CC(=O)c1cn(CC(=O)N2C[C@H](F)C[C@H]2C(=O)NC2C=CC=C(c3ccccc3)C2(F)Cl)c2ccc(C3=CCN(C(C)=O)CC3)cc12. The number of Topliss-reactive ketones (excluding diaryl/α,β-unsaturated/α-hetero) is 1. The summed E-state index contributed by atoms with van der Waals surface area (Å²) >= 11 is 6.38. The molecule has 1 N–H and O–H groups in total. The minimum absolute atomic E-state index is 0.0166. The Bertz CT molecular complexity index is 1850. The molecule has 1 saturated heterocycles. The van der Waals surface area contributed by atoms with Crippen molar-refractivity contribution in [2.45, 2.75) is 56.6 Å². The molecule has 3 amide bonds. The Kier molecular flexibility index (Phi) is 8.89. The third kappa shape index (κ3) is 6.39. The molecule has 3 aliphatic rings. The molecule has 1 aromatic heterocycles. The number of alkyl halides is 3. The number of benzene rings is 2. The second kappa shape index (κ2) is 12.9. The van der Waals surface area contributed by atoms with Crippen LogP contribution in [0.1, 0.15) is 48.2 Å². The van der Waals surface area contributed by atoms with Gasteiger partial charge in [-0.05, 0) is 42.2 Å². The fourth-order valence-electron chi connectivity index (χ4n) is 6.63. The summed E-state index contributed by atoms with van der Waals surface area (Å²) in [6.45, 7) is 3.59. The normalized spacial score (nSPS) is 24.2. The fourth-order valence-corrected chi connectivity index (χ4v) is 6.93. The highest BCUT2D eigenvalue weighted by molar-refractivity contribution is 6.30. The van der Waals surface area contributed by atoms with Crippen molar-refractivity contribution in [3.05, 3.63) is 95.7 Å². The van der Waals surface area contributed by atoms with Gasteiger partial charge in [-0.1, -0.05) is 72.3 Å². The lowest BCUT2D eigenvalue weighted by Crippen LogP contribution is -2.54. The van der Waals surface area contributed by atoms with Crippen molar-refractivity contribution >= 4 is 57.2 Å². The summed E-state index contributed by atoms with van der Waals surface area (Å²) < 4.78 is 32.4. The zero-order valence-electron chi connectivity index (χ0n) is 26.1. The van der Waals surface area contributed by atoms with E-state index in [9.17, 15) is 23.6 Å². The number of halogens is 3. The van der Waals surface area contributed by atoms with Crippen LogP contribution in [0.25, 0.3) is 22.0 Å². The molecule has 1 aliphatic carbocycles. The summed E-state index contributed by atoms with van der Waals surface area (Å²) in [7, 11) is 0. The largest absolute Gasteiger partial charge is 0.343 e. The Labute approximate surface area is 276 Å². The lowest BCUT2D eigenvalue weighted by atomic mass is 9.91. The quantitative estimate of drug-likeness (QED) is 0.269. The van der Waals surface area contributed by atoms with Gasteiger partial charge in [0.05, 0.1) is 6.54 Å². The summed E-state index contributed by atoms with van der Waals surface area (Å²) in [5, 5.41) is 0.802. The van der Waals surface area contributed by atoms with E-state index in [2.05, 4.69) is 5.32 Å². The zero-order valence-corrected chi connectivity index (χ0v) is 26.8. The number of fused-ring (bicyclic) bond motifs is 1. The second-order valence-electron chi connectivity index (χ2n) is 12.2. The molecule has 47 heavy (non-hydrogen) atoms. The molecular weight excluding hydrogens is 626 g/mol. The first-order valence-corrected chi connectivity index (χ1v) is 16.0. The third-order valence-electron chi connectivity index (χ3n) is 9.16. The van der Waals surface area contributed by atoms with E-state index in [1.165, 1.54) is 17.9 Å². The third-order valence-corrected chi connectivity index (χ3v) is 9.60. The predicted molar refractivity (Wildman–Crippen MR) is 177 cm³/mol. The summed E-state index contributed by atoms with van der Waals surface area (Å²) in [6, 6.07) is 12.0. The van der Waals surface area contributed by atoms with Crippen molar-refractivity contribution in [2.75, 3.05) is 19.6 Å². The van der Waals surface area contributed by atoms with Gasteiger partial charge in [0.15, 0.2) is 5.78 Å². The molecule has 244 valence electrons. The van der Waals surface area contributed by atoms with Crippen LogP contribution >= 0.6 is 11.6 Å². The van der Waals surface area contributed by atoms with E-state index >= 15 is 4.39 Å².